The number of halogens is 2. The Morgan fingerprint density at radius 2 is 1.90 bits per heavy atom. The molecule has 4 aliphatic rings. The molecule has 6 rings (SSSR count). The minimum atomic E-state index is -1.46. The molecule has 2 aliphatic carbocycles. The number of aliphatic imine (C=N–C) groups is 1. The van der Waals surface area contributed by atoms with Gasteiger partial charge in [0.05, 0.1) is 11.5 Å². The highest BCUT2D eigenvalue weighted by molar-refractivity contribution is 6.42. The first-order valence-corrected chi connectivity index (χ1v) is 13.8. The van der Waals surface area contributed by atoms with Gasteiger partial charge in [0.25, 0.3) is 5.91 Å². The SMILES string of the molecule is CC(C)(C)C1=NC(C)(c2cc(F)cc(F)c2)N(CC(=O)NC2C=C3CC4(CC3=CC2)c2cccnc2NC4O)C1=O. The lowest BCUT2D eigenvalue weighted by atomic mass is 9.79. The van der Waals surface area contributed by atoms with Gasteiger partial charge in [-0.1, -0.05) is 39.0 Å². The number of benzene rings is 1. The third-order valence-corrected chi connectivity index (χ3v) is 8.66. The first kappa shape index (κ1) is 27.3. The second kappa shape index (κ2) is 9.30. The Morgan fingerprint density at radius 3 is 2.61 bits per heavy atom. The first-order valence-electron chi connectivity index (χ1n) is 13.8. The summed E-state index contributed by atoms with van der Waals surface area (Å²) in [6, 6.07) is 6.60. The molecule has 0 radical (unpaired) electrons. The van der Waals surface area contributed by atoms with Crippen LogP contribution in [-0.4, -0.2) is 51.3 Å². The third-order valence-electron chi connectivity index (χ3n) is 8.66. The maximum atomic E-state index is 14.2. The lowest BCUT2D eigenvalue weighted by molar-refractivity contribution is -0.135. The highest BCUT2D eigenvalue weighted by Gasteiger charge is 2.52. The normalized spacial score (nSPS) is 28.6. The minimum absolute atomic E-state index is 0.150. The van der Waals surface area contributed by atoms with Crippen LogP contribution in [0.1, 0.15) is 58.1 Å². The van der Waals surface area contributed by atoms with Crippen molar-refractivity contribution in [2.75, 3.05) is 11.9 Å². The van der Waals surface area contributed by atoms with Crippen LogP contribution >= 0.6 is 0 Å². The molecule has 4 unspecified atom stereocenters. The molecule has 2 aliphatic heterocycles. The molecule has 2 amide bonds. The summed E-state index contributed by atoms with van der Waals surface area (Å²) in [4.78, 5) is 37.2. The second-order valence-corrected chi connectivity index (χ2v) is 12.6. The first-order chi connectivity index (χ1) is 19.3. The molecular formula is C31H33F2N5O3. The summed E-state index contributed by atoms with van der Waals surface area (Å²) in [7, 11) is 0. The Hall–Kier alpha value is -3.92. The number of anilines is 1. The molecule has 3 heterocycles. The van der Waals surface area contributed by atoms with Crippen molar-refractivity contribution in [3.05, 3.63) is 82.6 Å². The van der Waals surface area contributed by atoms with Crippen LogP contribution in [0.4, 0.5) is 14.6 Å². The van der Waals surface area contributed by atoms with Crippen LogP contribution < -0.4 is 10.6 Å². The van der Waals surface area contributed by atoms with E-state index in [1.807, 2.05) is 39.0 Å². The maximum Gasteiger partial charge on any atom is 0.271 e. The largest absolute Gasteiger partial charge is 0.373 e. The van der Waals surface area contributed by atoms with Crippen LogP contribution in [0.2, 0.25) is 0 Å². The van der Waals surface area contributed by atoms with Gasteiger partial charge in [0, 0.05) is 28.8 Å². The van der Waals surface area contributed by atoms with E-state index in [-0.39, 0.29) is 23.9 Å². The number of nitrogens with one attached hydrogen (secondary N) is 2. The Bertz CT molecular complexity index is 1540. The van der Waals surface area contributed by atoms with Crippen molar-refractivity contribution < 1.29 is 23.5 Å². The van der Waals surface area contributed by atoms with Crippen LogP contribution in [0.15, 0.2) is 64.8 Å². The predicted molar refractivity (Wildman–Crippen MR) is 150 cm³/mol. The molecule has 1 aromatic carbocycles. The van der Waals surface area contributed by atoms with E-state index in [0.717, 1.165) is 34.9 Å². The number of carbonyl (C=O) groups is 2. The fraction of sp³-hybridized carbons (Fsp3) is 0.419. The minimum Gasteiger partial charge on any atom is -0.373 e. The summed E-state index contributed by atoms with van der Waals surface area (Å²) in [5, 5.41) is 17.0. The van der Waals surface area contributed by atoms with Gasteiger partial charge >= 0.3 is 0 Å². The number of allylic oxidation sites excluding steroid dienone is 2. The van der Waals surface area contributed by atoms with E-state index in [1.54, 1.807) is 13.1 Å². The lowest BCUT2D eigenvalue weighted by Gasteiger charge is -2.33. The number of nitrogens with zero attached hydrogens (tertiary/aromatic N) is 3. The molecule has 8 nitrogen and oxygen atoms in total. The summed E-state index contributed by atoms with van der Waals surface area (Å²) >= 11 is 0. The number of aliphatic hydroxyl groups is 1. The van der Waals surface area contributed by atoms with Gasteiger partial charge in [-0.15, -0.1) is 0 Å². The quantitative estimate of drug-likeness (QED) is 0.522. The zero-order valence-electron chi connectivity index (χ0n) is 23.5. The van der Waals surface area contributed by atoms with Gasteiger partial charge in [-0.2, -0.15) is 0 Å². The molecule has 41 heavy (non-hydrogen) atoms. The lowest BCUT2D eigenvalue weighted by Crippen LogP contribution is -2.50. The van der Waals surface area contributed by atoms with Crippen molar-refractivity contribution in [3.8, 4) is 0 Å². The molecule has 1 aromatic heterocycles. The molecule has 10 heteroatoms. The number of fused-ring (bicyclic) bond motifs is 3. The van der Waals surface area contributed by atoms with Gasteiger partial charge in [0.15, 0.2) is 5.66 Å². The molecule has 214 valence electrons. The highest BCUT2D eigenvalue weighted by Crippen LogP contribution is 2.54. The monoisotopic (exact) mass is 561 g/mol. The van der Waals surface area contributed by atoms with Gasteiger partial charge in [-0.3, -0.25) is 19.5 Å². The van der Waals surface area contributed by atoms with Crippen molar-refractivity contribution in [2.24, 2.45) is 10.4 Å². The zero-order chi connectivity index (χ0) is 29.3. The number of carbonyl (C=O) groups excluding carboxylic acids is 2. The molecule has 0 saturated heterocycles. The topological polar surface area (TPSA) is 107 Å². The second-order valence-electron chi connectivity index (χ2n) is 12.6. The number of amides is 2. The average Bonchev–Trinajstić information content (AvgIpc) is 3.49. The molecule has 1 spiro atoms. The Kier molecular flexibility index (Phi) is 6.19. The van der Waals surface area contributed by atoms with E-state index in [4.69, 9.17) is 0 Å². The van der Waals surface area contributed by atoms with E-state index < -0.39 is 46.2 Å². The molecule has 4 atom stereocenters. The van der Waals surface area contributed by atoms with E-state index in [1.165, 1.54) is 4.90 Å². The smallest absolute Gasteiger partial charge is 0.271 e. The number of pyridine rings is 1. The summed E-state index contributed by atoms with van der Waals surface area (Å²) < 4.78 is 28.4. The van der Waals surface area contributed by atoms with E-state index in [2.05, 4.69) is 26.7 Å². The summed E-state index contributed by atoms with van der Waals surface area (Å²) in [6.07, 6.45) is 6.88. The number of aliphatic hydroxyl groups excluding tert-OH is 1. The molecular weight excluding hydrogens is 528 g/mol. The van der Waals surface area contributed by atoms with Crippen LogP contribution in [0, 0.1) is 17.0 Å². The fourth-order valence-corrected chi connectivity index (χ4v) is 6.55. The molecule has 1 fully saturated rings. The van der Waals surface area contributed by atoms with Gasteiger partial charge in [0.1, 0.15) is 35.9 Å². The number of hydrogen-bond acceptors (Lipinski definition) is 6. The van der Waals surface area contributed by atoms with Gasteiger partial charge in [0.2, 0.25) is 5.91 Å². The van der Waals surface area contributed by atoms with Crippen LogP contribution in [0.5, 0.6) is 0 Å². The number of aromatic nitrogens is 1. The summed E-state index contributed by atoms with van der Waals surface area (Å²) in [5.41, 5.74) is 0.975. The van der Waals surface area contributed by atoms with E-state index >= 15 is 0 Å². The number of rotatable bonds is 4. The Balaban J connectivity index is 1.22. The third kappa shape index (κ3) is 4.45. The maximum absolute atomic E-state index is 14.2. The summed E-state index contributed by atoms with van der Waals surface area (Å²) in [6.45, 7) is 6.75. The Labute approximate surface area is 237 Å². The molecule has 0 bridgehead atoms. The van der Waals surface area contributed by atoms with Crippen LogP contribution in [0.25, 0.3) is 0 Å². The van der Waals surface area contributed by atoms with Gasteiger partial charge < -0.3 is 15.7 Å². The average molecular weight is 562 g/mol. The summed E-state index contributed by atoms with van der Waals surface area (Å²) in [5.74, 6) is -1.74. The zero-order valence-corrected chi connectivity index (χ0v) is 23.5. The molecule has 3 N–H and O–H groups in total. The van der Waals surface area contributed by atoms with E-state index in [0.29, 0.717) is 25.1 Å². The van der Waals surface area contributed by atoms with Crippen LogP contribution in [0.3, 0.4) is 0 Å². The van der Waals surface area contributed by atoms with Crippen molar-refractivity contribution in [3.63, 3.8) is 0 Å². The van der Waals surface area contributed by atoms with Crippen molar-refractivity contribution in [1.29, 1.82) is 0 Å². The molecule has 2 aromatic rings. The van der Waals surface area contributed by atoms with Crippen molar-refractivity contribution >= 4 is 23.3 Å². The van der Waals surface area contributed by atoms with Crippen molar-refractivity contribution in [2.45, 2.75) is 70.3 Å². The predicted octanol–water partition coefficient (Wildman–Crippen LogP) is 4.08. The van der Waals surface area contributed by atoms with Gasteiger partial charge in [-0.25, -0.2) is 13.8 Å². The fourth-order valence-electron chi connectivity index (χ4n) is 6.55. The van der Waals surface area contributed by atoms with Gasteiger partial charge in [-0.05, 0) is 55.5 Å². The highest BCUT2D eigenvalue weighted by atomic mass is 19.1. The van der Waals surface area contributed by atoms with E-state index in [9.17, 15) is 23.5 Å². The standard InChI is InChI=1S/C31H33F2N5O3/c1-29(2,3)25-27(40)38(30(4,37-25)19-11-20(32)13-21(33)12-19)16-24(39)35-22-8-7-17-14-31(15-18(17)10-22)23-6-5-9-34-26(23)36-28(31)41/h5-7,9-13,22,28,41H,8,14-16H2,1-4H3,(H,34,36)(H,35,39). The van der Waals surface area contributed by atoms with Crippen molar-refractivity contribution in [1.82, 2.24) is 15.2 Å². The van der Waals surface area contributed by atoms with Crippen LogP contribution in [-0.2, 0) is 20.7 Å². The Morgan fingerprint density at radius 1 is 1.20 bits per heavy atom. The number of hydrogen-bond donors (Lipinski definition) is 3. The molecule has 1 saturated carbocycles.